The van der Waals surface area contributed by atoms with Crippen LogP contribution in [-0.2, 0) is 4.74 Å². The molecule has 0 fully saturated rings. The highest BCUT2D eigenvalue weighted by molar-refractivity contribution is 5.59. The second kappa shape index (κ2) is 3.81. The van der Waals surface area contributed by atoms with E-state index in [0.717, 1.165) is 5.56 Å². The molecule has 0 atom stereocenters. The van der Waals surface area contributed by atoms with Crippen LogP contribution in [0.2, 0.25) is 0 Å². The van der Waals surface area contributed by atoms with Crippen molar-refractivity contribution in [2.24, 2.45) is 0 Å². The lowest BCUT2D eigenvalue weighted by molar-refractivity contribution is 0.282. The van der Waals surface area contributed by atoms with E-state index in [9.17, 15) is 5.11 Å². The monoisotopic (exact) mass is 164 g/mol. The molecule has 1 N–H and O–H groups in total. The average molecular weight is 164 g/mol. The molecule has 12 heavy (non-hydrogen) atoms. The van der Waals surface area contributed by atoms with Crippen molar-refractivity contribution in [2.75, 3.05) is 7.11 Å². The maximum absolute atomic E-state index is 9.54. The fourth-order valence-electron chi connectivity index (χ4n) is 0.896. The number of methoxy groups -OCH3 is 1. The third-order valence-electron chi connectivity index (χ3n) is 1.69. The Bertz CT molecular complexity index is 275. The van der Waals surface area contributed by atoms with Gasteiger partial charge in [0, 0.05) is 5.56 Å². The highest BCUT2D eigenvalue weighted by Crippen LogP contribution is 2.14. The van der Waals surface area contributed by atoms with E-state index in [-0.39, 0.29) is 5.76 Å². The number of hydrogen-bond donors (Lipinski definition) is 1. The summed E-state index contributed by atoms with van der Waals surface area (Å²) in [6.45, 7) is 1.72. The zero-order chi connectivity index (χ0) is 8.97. The van der Waals surface area contributed by atoms with Crippen LogP contribution in [0.25, 0.3) is 5.76 Å². The Morgan fingerprint density at radius 2 is 1.83 bits per heavy atom. The molecule has 0 aliphatic heterocycles. The second-order valence-electron chi connectivity index (χ2n) is 2.47. The van der Waals surface area contributed by atoms with Crippen LogP contribution in [0, 0.1) is 0 Å². The Labute approximate surface area is 72.1 Å². The maximum atomic E-state index is 9.54. The first-order valence-electron chi connectivity index (χ1n) is 3.75. The van der Waals surface area contributed by atoms with Crippen LogP contribution in [0.5, 0.6) is 0 Å². The van der Waals surface area contributed by atoms with Crippen molar-refractivity contribution >= 4 is 5.76 Å². The van der Waals surface area contributed by atoms with Gasteiger partial charge in [0.05, 0.1) is 7.11 Å². The van der Waals surface area contributed by atoms with Crippen LogP contribution < -0.4 is 0 Å². The zero-order valence-electron chi connectivity index (χ0n) is 7.24. The molecular formula is C10H12O2. The molecule has 0 amide bonds. The molecule has 1 rings (SSSR count). The van der Waals surface area contributed by atoms with Crippen LogP contribution >= 0.6 is 0 Å². The summed E-state index contributed by atoms with van der Waals surface area (Å²) in [5.41, 5.74) is 0.775. The van der Waals surface area contributed by atoms with Crippen LogP contribution in [0.1, 0.15) is 12.5 Å². The van der Waals surface area contributed by atoms with Gasteiger partial charge in [-0.15, -0.1) is 0 Å². The largest absolute Gasteiger partial charge is 0.504 e. The van der Waals surface area contributed by atoms with Crippen molar-refractivity contribution in [3.05, 3.63) is 41.7 Å². The minimum atomic E-state index is 0.193. The molecule has 0 radical (unpaired) electrons. The van der Waals surface area contributed by atoms with E-state index in [0.29, 0.717) is 5.76 Å². The predicted molar refractivity (Wildman–Crippen MR) is 48.7 cm³/mol. The predicted octanol–water partition coefficient (Wildman–Crippen LogP) is 2.58. The van der Waals surface area contributed by atoms with Crippen molar-refractivity contribution < 1.29 is 9.84 Å². The summed E-state index contributed by atoms with van der Waals surface area (Å²) in [5.74, 6) is 0.722. The molecule has 0 aliphatic carbocycles. The van der Waals surface area contributed by atoms with E-state index in [1.165, 1.54) is 7.11 Å². The van der Waals surface area contributed by atoms with Gasteiger partial charge in [-0.05, 0) is 6.92 Å². The molecule has 64 valence electrons. The van der Waals surface area contributed by atoms with Gasteiger partial charge in [-0.25, -0.2) is 0 Å². The van der Waals surface area contributed by atoms with Crippen molar-refractivity contribution in [3.8, 4) is 0 Å². The van der Waals surface area contributed by atoms with Crippen LogP contribution in [0.3, 0.4) is 0 Å². The molecule has 0 aliphatic rings. The number of hydrogen-bond acceptors (Lipinski definition) is 2. The van der Waals surface area contributed by atoms with E-state index in [1.807, 2.05) is 30.3 Å². The Morgan fingerprint density at radius 1 is 1.25 bits per heavy atom. The van der Waals surface area contributed by atoms with Gasteiger partial charge in [0.25, 0.3) is 0 Å². The summed E-state index contributed by atoms with van der Waals surface area (Å²) in [7, 11) is 1.54. The van der Waals surface area contributed by atoms with Gasteiger partial charge in [0.2, 0.25) is 0 Å². The van der Waals surface area contributed by atoms with Gasteiger partial charge in [-0.2, -0.15) is 0 Å². The zero-order valence-corrected chi connectivity index (χ0v) is 7.24. The summed E-state index contributed by atoms with van der Waals surface area (Å²) in [5, 5.41) is 9.54. The second-order valence-corrected chi connectivity index (χ2v) is 2.47. The Kier molecular flexibility index (Phi) is 2.75. The van der Waals surface area contributed by atoms with E-state index < -0.39 is 0 Å². The van der Waals surface area contributed by atoms with Gasteiger partial charge in [0.15, 0.2) is 5.76 Å². The first-order valence-corrected chi connectivity index (χ1v) is 3.75. The molecule has 0 spiro atoms. The van der Waals surface area contributed by atoms with Gasteiger partial charge in [-0.3, -0.25) is 0 Å². The lowest BCUT2D eigenvalue weighted by Crippen LogP contribution is -1.89. The molecule has 0 heterocycles. The lowest BCUT2D eigenvalue weighted by atomic mass is 10.2. The van der Waals surface area contributed by atoms with Gasteiger partial charge in [0.1, 0.15) is 5.76 Å². The molecule has 0 saturated heterocycles. The molecular weight excluding hydrogens is 152 g/mol. The Morgan fingerprint density at radius 3 is 2.33 bits per heavy atom. The maximum Gasteiger partial charge on any atom is 0.160 e. The van der Waals surface area contributed by atoms with E-state index in [4.69, 9.17) is 4.74 Å². The summed E-state index contributed by atoms with van der Waals surface area (Å²) < 4.78 is 4.90. The van der Waals surface area contributed by atoms with Crippen LogP contribution in [0.15, 0.2) is 36.1 Å². The summed E-state index contributed by atoms with van der Waals surface area (Å²) in [4.78, 5) is 0. The van der Waals surface area contributed by atoms with Crippen molar-refractivity contribution in [1.29, 1.82) is 0 Å². The number of aliphatic hydroxyl groups is 1. The summed E-state index contributed by atoms with van der Waals surface area (Å²) in [6.07, 6.45) is 0. The quantitative estimate of drug-likeness (QED) is 0.681. The smallest absolute Gasteiger partial charge is 0.160 e. The third-order valence-corrected chi connectivity index (χ3v) is 1.69. The Hall–Kier alpha value is -1.44. The summed E-state index contributed by atoms with van der Waals surface area (Å²) in [6, 6.07) is 9.30. The first kappa shape index (κ1) is 8.65. The number of rotatable bonds is 2. The SMILES string of the molecule is COC(C)=C(O)c1ccccc1. The van der Waals surface area contributed by atoms with E-state index >= 15 is 0 Å². The van der Waals surface area contributed by atoms with Crippen LogP contribution in [-0.4, -0.2) is 12.2 Å². The van der Waals surface area contributed by atoms with Crippen molar-refractivity contribution in [3.63, 3.8) is 0 Å². The number of allylic oxidation sites excluding steroid dienone is 1. The molecule has 0 saturated carbocycles. The molecule has 2 nitrogen and oxygen atoms in total. The highest BCUT2D eigenvalue weighted by atomic mass is 16.5. The van der Waals surface area contributed by atoms with Gasteiger partial charge in [-0.1, -0.05) is 30.3 Å². The molecule has 0 bridgehead atoms. The van der Waals surface area contributed by atoms with Gasteiger partial charge < -0.3 is 9.84 Å². The van der Waals surface area contributed by atoms with Crippen LogP contribution in [0.4, 0.5) is 0 Å². The van der Waals surface area contributed by atoms with Crippen molar-refractivity contribution in [1.82, 2.24) is 0 Å². The number of aliphatic hydroxyl groups excluding tert-OH is 1. The minimum Gasteiger partial charge on any atom is -0.504 e. The molecule has 0 unspecified atom stereocenters. The lowest BCUT2D eigenvalue weighted by Gasteiger charge is -2.04. The molecule has 1 aromatic rings. The van der Waals surface area contributed by atoms with E-state index in [1.54, 1.807) is 6.92 Å². The highest BCUT2D eigenvalue weighted by Gasteiger charge is 2.01. The fraction of sp³-hybridized carbons (Fsp3) is 0.200. The fourth-order valence-corrected chi connectivity index (χ4v) is 0.896. The number of benzene rings is 1. The number of ether oxygens (including phenoxy) is 1. The average Bonchev–Trinajstić information content (AvgIpc) is 2.17. The van der Waals surface area contributed by atoms with E-state index in [2.05, 4.69) is 0 Å². The summed E-state index contributed by atoms with van der Waals surface area (Å²) >= 11 is 0. The molecule has 1 aromatic carbocycles. The molecule has 2 heteroatoms. The standard InChI is InChI=1S/C10H12O2/c1-8(12-2)10(11)9-6-4-3-5-7-9/h3-7,11H,1-2H3. The molecule has 0 aromatic heterocycles. The minimum absolute atomic E-state index is 0.193. The topological polar surface area (TPSA) is 29.5 Å². The Balaban J connectivity index is 3.00. The van der Waals surface area contributed by atoms with Crippen molar-refractivity contribution in [2.45, 2.75) is 6.92 Å². The third kappa shape index (κ3) is 1.78. The first-order chi connectivity index (χ1) is 5.75. The normalized spacial score (nSPS) is 12.2. The van der Waals surface area contributed by atoms with Gasteiger partial charge >= 0.3 is 0 Å².